The highest BCUT2D eigenvalue weighted by atomic mass is 32.2. The summed E-state index contributed by atoms with van der Waals surface area (Å²) < 4.78 is 10.6. The molecule has 1 aliphatic heterocycles. The van der Waals surface area contributed by atoms with E-state index in [2.05, 4.69) is 0 Å². The molecule has 0 fully saturated rings. The lowest BCUT2D eigenvalue weighted by Gasteiger charge is -2.27. The van der Waals surface area contributed by atoms with Crippen molar-refractivity contribution in [3.63, 3.8) is 0 Å². The van der Waals surface area contributed by atoms with E-state index in [1.807, 2.05) is 42.7 Å². The van der Waals surface area contributed by atoms with Crippen molar-refractivity contribution in [2.24, 2.45) is 5.73 Å². The number of carbonyl (C=O) groups excluding carboxylic acids is 1. The number of esters is 1. The molecule has 2 aromatic carbocycles. The number of carbonyl (C=O) groups is 1. The SMILES string of the molecule is CCOC(=O)C1=C(C)OC(N)=C(C#N)C1c1ccc(-c2ccc(SC)cc2)cc1O. The second kappa shape index (κ2) is 8.97. The van der Waals surface area contributed by atoms with Gasteiger partial charge in [0.25, 0.3) is 0 Å². The molecule has 7 heteroatoms. The molecule has 1 unspecified atom stereocenters. The van der Waals surface area contributed by atoms with E-state index in [1.54, 1.807) is 37.7 Å². The van der Waals surface area contributed by atoms with Gasteiger partial charge in [0.05, 0.1) is 18.1 Å². The van der Waals surface area contributed by atoms with Gasteiger partial charge in [-0.25, -0.2) is 4.79 Å². The van der Waals surface area contributed by atoms with E-state index in [9.17, 15) is 15.2 Å². The molecular weight excluding hydrogens is 400 g/mol. The molecule has 0 radical (unpaired) electrons. The predicted molar refractivity (Wildman–Crippen MR) is 115 cm³/mol. The summed E-state index contributed by atoms with van der Waals surface area (Å²) in [6.07, 6.45) is 2.01. The Balaban J connectivity index is 2.09. The van der Waals surface area contributed by atoms with Crippen LogP contribution in [-0.2, 0) is 14.3 Å². The number of phenolic OH excluding ortho intramolecular Hbond substituents is 1. The fraction of sp³-hybridized carbons (Fsp3) is 0.217. The molecule has 0 bridgehead atoms. The van der Waals surface area contributed by atoms with Crippen LogP contribution in [0.15, 0.2) is 70.1 Å². The number of thioether (sulfide) groups is 1. The number of allylic oxidation sites excluding steroid dienone is 2. The van der Waals surface area contributed by atoms with Gasteiger partial charge in [-0.3, -0.25) is 0 Å². The number of nitrogens with zero attached hydrogens (tertiary/aromatic N) is 1. The van der Waals surface area contributed by atoms with Crippen molar-refractivity contribution in [1.29, 1.82) is 5.26 Å². The van der Waals surface area contributed by atoms with Crippen molar-refractivity contribution >= 4 is 17.7 Å². The van der Waals surface area contributed by atoms with Gasteiger partial charge in [0, 0.05) is 10.5 Å². The number of nitrogens with two attached hydrogens (primary N) is 1. The first-order chi connectivity index (χ1) is 14.4. The van der Waals surface area contributed by atoms with Gasteiger partial charge >= 0.3 is 5.97 Å². The number of aromatic hydroxyl groups is 1. The molecule has 0 spiro atoms. The van der Waals surface area contributed by atoms with E-state index >= 15 is 0 Å². The van der Waals surface area contributed by atoms with Gasteiger partial charge in [0.2, 0.25) is 5.88 Å². The molecule has 0 aliphatic carbocycles. The summed E-state index contributed by atoms with van der Waals surface area (Å²) >= 11 is 1.65. The topological polar surface area (TPSA) is 106 Å². The largest absolute Gasteiger partial charge is 0.508 e. The van der Waals surface area contributed by atoms with Gasteiger partial charge in [-0.15, -0.1) is 11.8 Å². The highest BCUT2D eigenvalue weighted by molar-refractivity contribution is 7.98. The molecule has 0 saturated heterocycles. The van der Waals surface area contributed by atoms with Crippen LogP contribution in [0.4, 0.5) is 0 Å². The number of phenols is 1. The van der Waals surface area contributed by atoms with Crippen LogP contribution in [0, 0.1) is 11.3 Å². The number of rotatable bonds is 5. The maximum Gasteiger partial charge on any atom is 0.338 e. The predicted octanol–water partition coefficient (Wildman–Crippen LogP) is 4.43. The van der Waals surface area contributed by atoms with Crippen LogP contribution in [0.25, 0.3) is 11.1 Å². The smallest absolute Gasteiger partial charge is 0.338 e. The summed E-state index contributed by atoms with van der Waals surface area (Å²) in [5.41, 5.74) is 8.24. The first-order valence-electron chi connectivity index (χ1n) is 9.34. The molecule has 3 rings (SSSR count). The normalized spacial score (nSPS) is 16.1. The van der Waals surface area contributed by atoms with E-state index in [0.29, 0.717) is 5.56 Å². The zero-order chi connectivity index (χ0) is 21.8. The lowest BCUT2D eigenvalue weighted by atomic mass is 9.82. The lowest BCUT2D eigenvalue weighted by Crippen LogP contribution is -2.25. The van der Waals surface area contributed by atoms with Gasteiger partial charge in [0.15, 0.2) is 0 Å². The van der Waals surface area contributed by atoms with Crippen molar-refractivity contribution in [3.05, 3.63) is 70.8 Å². The molecule has 3 N–H and O–H groups in total. The number of benzene rings is 2. The zero-order valence-electron chi connectivity index (χ0n) is 16.9. The molecule has 154 valence electrons. The number of hydrogen-bond acceptors (Lipinski definition) is 7. The van der Waals surface area contributed by atoms with Gasteiger partial charge in [-0.1, -0.05) is 24.3 Å². The standard InChI is InChI=1S/C23H22N2O4S/c1-4-28-23(27)20-13(2)29-22(25)18(12-24)21(20)17-10-7-15(11-19(17)26)14-5-8-16(30-3)9-6-14/h5-11,21,26H,4,25H2,1-3H3. The maximum absolute atomic E-state index is 12.6. The Bertz CT molecular complexity index is 1080. The highest BCUT2D eigenvalue weighted by Crippen LogP contribution is 2.43. The molecular formula is C23H22N2O4S. The quantitative estimate of drug-likeness (QED) is 0.542. The van der Waals surface area contributed by atoms with Crippen LogP contribution in [0.2, 0.25) is 0 Å². The fourth-order valence-corrected chi connectivity index (χ4v) is 3.82. The first-order valence-corrected chi connectivity index (χ1v) is 10.6. The van der Waals surface area contributed by atoms with Gasteiger partial charge in [-0.2, -0.15) is 5.26 Å². The van der Waals surface area contributed by atoms with Crippen LogP contribution < -0.4 is 5.73 Å². The van der Waals surface area contributed by atoms with E-state index in [0.717, 1.165) is 16.0 Å². The summed E-state index contributed by atoms with van der Waals surface area (Å²) in [5, 5.41) is 20.5. The van der Waals surface area contributed by atoms with Crippen molar-refractivity contribution in [2.45, 2.75) is 24.7 Å². The summed E-state index contributed by atoms with van der Waals surface area (Å²) in [7, 11) is 0. The minimum Gasteiger partial charge on any atom is -0.508 e. The fourth-order valence-electron chi connectivity index (χ4n) is 3.42. The zero-order valence-corrected chi connectivity index (χ0v) is 17.7. The van der Waals surface area contributed by atoms with Crippen molar-refractivity contribution < 1.29 is 19.4 Å². The Morgan fingerprint density at radius 3 is 2.50 bits per heavy atom. The Labute approximate surface area is 179 Å². The minimum atomic E-state index is -0.879. The average molecular weight is 423 g/mol. The molecule has 0 saturated carbocycles. The summed E-state index contributed by atoms with van der Waals surface area (Å²) in [5.74, 6) is -1.40. The van der Waals surface area contributed by atoms with Crippen LogP contribution in [0.5, 0.6) is 5.75 Å². The van der Waals surface area contributed by atoms with Gasteiger partial charge in [0.1, 0.15) is 23.2 Å². The monoisotopic (exact) mass is 422 g/mol. The molecule has 0 amide bonds. The molecule has 2 aromatic rings. The molecule has 1 aliphatic rings. The van der Waals surface area contributed by atoms with Crippen LogP contribution in [-0.4, -0.2) is 23.9 Å². The summed E-state index contributed by atoms with van der Waals surface area (Å²) in [4.78, 5) is 13.7. The number of hydrogen-bond donors (Lipinski definition) is 2. The second-order valence-corrected chi connectivity index (χ2v) is 7.50. The van der Waals surface area contributed by atoms with Crippen LogP contribution in [0.1, 0.15) is 25.3 Å². The van der Waals surface area contributed by atoms with Crippen LogP contribution in [0.3, 0.4) is 0 Å². The summed E-state index contributed by atoms with van der Waals surface area (Å²) in [6.45, 7) is 3.44. The Morgan fingerprint density at radius 2 is 1.93 bits per heavy atom. The third-order valence-corrected chi connectivity index (χ3v) is 5.61. The molecule has 0 aromatic heterocycles. The average Bonchev–Trinajstić information content (AvgIpc) is 2.73. The second-order valence-electron chi connectivity index (χ2n) is 6.62. The Kier molecular flexibility index (Phi) is 6.38. The third-order valence-electron chi connectivity index (χ3n) is 4.87. The number of ether oxygens (including phenoxy) is 2. The maximum atomic E-state index is 12.6. The molecule has 1 heterocycles. The molecule has 30 heavy (non-hydrogen) atoms. The minimum absolute atomic E-state index is 0.0519. The van der Waals surface area contributed by atoms with E-state index in [-0.39, 0.29) is 35.1 Å². The van der Waals surface area contributed by atoms with Gasteiger partial charge in [-0.05, 0) is 49.4 Å². The third kappa shape index (κ3) is 4.00. The lowest BCUT2D eigenvalue weighted by molar-refractivity contribution is -0.139. The van der Waals surface area contributed by atoms with Crippen molar-refractivity contribution in [3.8, 4) is 22.9 Å². The van der Waals surface area contributed by atoms with Gasteiger partial charge < -0.3 is 20.3 Å². The van der Waals surface area contributed by atoms with Crippen molar-refractivity contribution in [1.82, 2.24) is 0 Å². The Morgan fingerprint density at radius 1 is 1.27 bits per heavy atom. The molecule has 1 atom stereocenters. The van der Waals surface area contributed by atoms with Crippen molar-refractivity contribution in [2.75, 3.05) is 12.9 Å². The van der Waals surface area contributed by atoms with E-state index < -0.39 is 11.9 Å². The molecule has 6 nitrogen and oxygen atoms in total. The van der Waals surface area contributed by atoms with E-state index in [1.165, 1.54) is 0 Å². The van der Waals surface area contributed by atoms with Crippen LogP contribution >= 0.6 is 11.8 Å². The Hall–Kier alpha value is -3.37. The summed E-state index contributed by atoms with van der Waals surface area (Å²) in [6, 6.07) is 15.1. The van der Waals surface area contributed by atoms with E-state index in [4.69, 9.17) is 15.2 Å². The number of nitriles is 1. The first kappa shape index (κ1) is 21.3. The highest BCUT2D eigenvalue weighted by Gasteiger charge is 2.37.